The van der Waals surface area contributed by atoms with E-state index in [1.807, 2.05) is 0 Å². The van der Waals surface area contributed by atoms with E-state index >= 15 is 0 Å². The second kappa shape index (κ2) is 7.13. The van der Waals surface area contributed by atoms with Crippen LogP contribution in [0.4, 0.5) is 0 Å². The van der Waals surface area contributed by atoms with Gasteiger partial charge in [-0.2, -0.15) is 0 Å². The third-order valence-corrected chi connectivity index (χ3v) is 5.32. The molecular formula is C18H25NO4. The van der Waals surface area contributed by atoms with E-state index in [1.54, 1.807) is 25.3 Å². The minimum atomic E-state index is -1.01. The Morgan fingerprint density at radius 2 is 1.96 bits per heavy atom. The Kier molecular flexibility index (Phi) is 5.42. The molecule has 0 spiro atoms. The van der Waals surface area contributed by atoms with Crippen LogP contribution in [0.1, 0.15) is 49.0 Å². The minimum absolute atomic E-state index is 0.0171. The number of aromatic carboxylic acids is 1. The molecule has 1 fully saturated rings. The molecule has 0 bridgehead atoms. The first-order chi connectivity index (χ1) is 11.0. The van der Waals surface area contributed by atoms with Gasteiger partial charge in [-0.05, 0) is 30.9 Å². The largest absolute Gasteiger partial charge is 0.478 e. The quantitative estimate of drug-likeness (QED) is 0.810. The highest BCUT2D eigenvalue weighted by atomic mass is 16.5. The summed E-state index contributed by atoms with van der Waals surface area (Å²) in [6, 6.07) is 6.72. The van der Waals surface area contributed by atoms with Crippen LogP contribution < -0.4 is 5.32 Å². The number of rotatable bonds is 7. The molecule has 5 heteroatoms. The number of carbonyl (C=O) groups excluding carboxylic acids is 1. The molecule has 2 unspecified atom stereocenters. The molecule has 1 aliphatic rings. The van der Waals surface area contributed by atoms with Gasteiger partial charge >= 0.3 is 5.97 Å². The van der Waals surface area contributed by atoms with E-state index in [0.717, 1.165) is 19.3 Å². The van der Waals surface area contributed by atoms with Crippen LogP contribution >= 0.6 is 0 Å². The Hall–Kier alpha value is -1.88. The number of carboxylic acids is 1. The number of carboxylic acid groups (broad SMARTS) is 1. The smallest absolute Gasteiger partial charge is 0.335 e. The maximum absolute atomic E-state index is 12.4. The van der Waals surface area contributed by atoms with Crippen molar-refractivity contribution in [1.82, 2.24) is 5.32 Å². The molecule has 0 aliphatic heterocycles. The Balaban J connectivity index is 2.05. The van der Waals surface area contributed by atoms with Gasteiger partial charge in [-0.1, -0.05) is 32.0 Å². The van der Waals surface area contributed by atoms with Crippen molar-refractivity contribution in [3.05, 3.63) is 35.4 Å². The highest BCUT2D eigenvalue weighted by molar-refractivity contribution is 5.91. The summed E-state index contributed by atoms with van der Waals surface area (Å²) in [5.41, 5.74) is 0.707. The lowest BCUT2D eigenvalue weighted by molar-refractivity contribution is -0.140. The van der Waals surface area contributed by atoms with Crippen molar-refractivity contribution < 1.29 is 19.4 Å². The molecule has 2 atom stereocenters. The Morgan fingerprint density at radius 3 is 2.52 bits per heavy atom. The fourth-order valence-corrected chi connectivity index (χ4v) is 3.78. The number of benzene rings is 1. The van der Waals surface area contributed by atoms with Crippen LogP contribution in [0.15, 0.2) is 24.3 Å². The molecule has 5 nitrogen and oxygen atoms in total. The predicted octanol–water partition coefficient (Wildman–Crippen LogP) is 2.64. The number of carbonyl (C=O) groups is 2. The Labute approximate surface area is 137 Å². The molecule has 1 amide bonds. The van der Waals surface area contributed by atoms with E-state index in [9.17, 15) is 14.7 Å². The molecule has 1 saturated carbocycles. The Morgan fingerprint density at radius 1 is 1.30 bits per heavy atom. The zero-order valence-corrected chi connectivity index (χ0v) is 14.0. The fraction of sp³-hybridized carbons (Fsp3) is 0.556. The third-order valence-electron chi connectivity index (χ3n) is 5.32. The lowest BCUT2D eigenvalue weighted by atomic mass is 9.58. The molecular weight excluding hydrogens is 294 g/mol. The third kappa shape index (κ3) is 3.24. The van der Waals surface area contributed by atoms with Crippen molar-refractivity contribution in [1.29, 1.82) is 0 Å². The van der Waals surface area contributed by atoms with E-state index < -0.39 is 5.97 Å². The first kappa shape index (κ1) is 17.5. The lowest BCUT2D eigenvalue weighted by Gasteiger charge is -2.55. The zero-order chi connectivity index (χ0) is 17.0. The normalized spacial score (nSPS) is 22.2. The number of amides is 1. The van der Waals surface area contributed by atoms with E-state index in [1.165, 1.54) is 6.07 Å². The van der Waals surface area contributed by atoms with Gasteiger partial charge in [-0.25, -0.2) is 4.79 Å². The summed E-state index contributed by atoms with van der Waals surface area (Å²) in [6.07, 6.45) is 2.95. The first-order valence-corrected chi connectivity index (χ1v) is 8.11. The number of methoxy groups -OCH3 is 1. The average molecular weight is 319 g/mol. The lowest BCUT2D eigenvalue weighted by Crippen LogP contribution is -2.64. The fourth-order valence-electron chi connectivity index (χ4n) is 3.78. The van der Waals surface area contributed by atoms with Crippen molar-refractivity contribution in [2.45, 2.75) is 51.7 Å². The van der Waals surface area contributed by atoms with Gasteiger partial charge in [-0.15, -0.1) is 0 Å². The molecule has 1 aromatic rings. The first-order valence-electron chi connectivity index (χ1n) is 8.11. The van der Waals surface area contributed by atoms with Gasteiger partial charge in [0.05, 0.1) is 18.1 Å². The van der Waals surface area contributed by atoms with Crippen LogP contribution in [0.5, 0.6) is 0 Å². The molecule has 126 valence electrons. The number of hydrogen-bond acceptors (Lipinski definition) is 3. The minimum Gasteiger partial charge on any atom is -0.478 e. The molecule has 1 aromatic carbocycles. The molecule has 1 aliphatic carbocycles. The highest BCUT2D eigenvalue weighted by Gasteiger charge is 2.53. The summed E-state index contributed by atoms with van der Waals surface area (Å²) in [4.78, 5) is 23.6. The summed E-state index contributed by atoms with van der Waals surface area (Å²) in [5.74, 6) is -1.14. The van der Waals surface area contributed by atoms with Crippen molar-refractivity contribution >= 4 is 11.9 Å². The second-order valence-electron chi connectivity index (χ2n) is 6.16. The van der Waals surface area contributed by atoms with Crippen LogP contribution in [-0.4, -0.2) is 36.2 Å². The standard InChI is InChI=1S/C18H25NO4/c1-4-18(5-2)14(11-15(18)23-3)19-16(20)10-12-8-6-7-9-13(12)17(21)22/h6-9,14-15H,4-5,10-11H2,1-3H3,(H,19,20)(H,21,22). The van der Waals surface area contributed by atoms with E-state index in [4.69, 9.17) is 4.74 Å². The summed E-state index contributed by atoms with van der Waals surface area (Å²) in [6.45, 7) is 4.24. The van der Waals surface area contributed by atoms with E-state index in [-0.39, 0.29) is 35.5 Å². The van der Waals surface area contributed by atoms with Gasteiger partial charge in [0.2, 0.25) is 5.91 Å². The average Bonchev–Trinajstić information content (AvgIpc) is 2.52. The van der Waals surface area contributed by atoms with Crippen LogP contribution in [-0.2, 0) is 16.0 Å². The predicted molar refractivity (Wildman–Crippen MR) is 87.5 cm³/mol. The number of nitrogens with one attached hydrogen (secondary N) is 1. The summed E-state index contributed by atoms with van der Waals surface area (Å²) >= 11 is 0. The van der Waals surface area contributed by atoms with Crippen LogP contribution in [0.25, 0.3) is 0 Å². The Bertz CT molecular complexity index is 580. The summed E-state index contributed by atoms with van der Waals surface area (Å²) < 4.78 is 5.54. The maximum Gasteiger partial charge on any atom is 0.335 e. The van der Waals surface area contributed by atoms with Crippen LogP contribution in [0.3, 0.4) is 0 Å². The summed E-state index contributed by atoms with van der Waals surface area (Å²) in [5, 5.41) is 12.3. The van der Waals surface area contributed by atoms with Gasteiger partial charge in [0, 0.05) is 18.6 Å². The van der Waals surface area contributed by atoms with Gasteiger partial charge in [0.15, 0.2) is 0 Å². The van der Waals surface area contributed by atoms with Gasteiger partial charge in [-0.3, -0.25) is 4.79 Å². The monoisotopic (exact) mass is 319 g/mol. The number of ether oxygens (including phenoxy) is 1. The van der Waals surface area contributed by atoms with Crippen molar-refractivity contribution in [3.63, 3.8) is 0 Å². The van der Waals surface area contributed by atoms with Crippen molar-refractivity contribution in [2.24, 2.45) is 5.41 Å². The highest BCUT2D eigenvalue weighted by Crippen LogP contribution is 2.48. The van der Waals surface area contributed by atoms with Gasteiger partial charge < -0.3 is 15.2 Å². The molecule has 0 aromatic heterocycles. The SMILES string of the molecule is CCC1(CC)C(NC(=O)Cc2ccccc2C(=O)O)CC1OC. The van der Waals surface area contributed by atoms with Gasteiger partial charge in [0.1, 0.15) is 0 Å². The summed E-state index contributed by atoms with van der Waals surface area (Å²) in [7, 11) is 1.71. The van der Waals surface area contributed by atoms with Crippen LogP contribution in [0.2, 0.25) is 0 Å². The number of hydrogen-bond donors (Lipinski definition) is 2. The molecule has 23 heavy (non-hydrogen) atoms. The van der Waals surface area contributed by atoms with E-state index in [0.29, 0.717) is 5.56 Å². The molecule has 2 rings (SSSR count). The van der Waals surface area contributed by atoms with E-state index in [2.05, 4.69) is 19.2 Å². The maximum atomic E-state index is 12.4. The molecule has 2 N–H and O–H groups in total. The van der Waals surface area contributed by atoms with Crippen LogP contribution in [0, 0.1) is 5.41 Å². The molecule has 0 heterocycles. The second-order valence-corrected chi connectivity index (χ2v) is 6.16. The zero-order valence-electron chi connectivity index (χ0n) is 14.0. The molecule has 0 saturated heterocycles. The molecule has 0 radical (unpaired) electrons. The van der Waals surface area contributed by atoms with Crippen molar-refractivity contribution in [2.75, 3.05) is 7.11 Å². The topological polar surface area (TPSA) is 75.6 Å². The van der Waals surface area contributed by atoms with Crippen molar-refractivity contribution in [3.8, 4) is 0 Å². The van der Waals surface area contributed by atoms with Gasteiger partial charge in [0.25, 0.3) is 0 Å².